The van der Waals surface area contributed by atoms with Gasteiger partial charge in [0.1, 0.15) is 5.82 Å². The number of nitrogens with zero attached hydrogens (tertiary/aromatic N) is 1. The fourth-order valence-corrected chi connectivity index (χ4v) is 2.27. The molecule has 108 valence electrons. The Balaban J connectivity index is 2.30. The molecule has 1 aliphatic heterocycles. The minimum absolute atomic E-state index is 0.0125. The summed E-state index contributed by atoms with van der Waals surface area (Å²) >= 11 is 0. The monoisotopic (exact) mass is 287 g/mol. The lowest BCUT2D eigenvalue weighted by molar-refractivity contribution is -0.0944. The molecule has 1 aliphatic rings. The average molecular weight is 287 g/mol. The predicted molar refractivity (Wildman–Crippen MR) is 67.4 cm³/mol. The second kappa shape index (κ2) is 5.26. The largest absolute Gasteiger partial charge is 0.412 e. The van der Waals surface area contributed by atoms with Gasteiger partial charge < -0.3 is 4.90 Å². The number of alkyl halides is 3. The lowest BCUT2D eigenvalue weighted by atomic mass is 10.0. The predicted octanol–water partition coefficient (Wildman–Crippen LogP) is 3.73. The molecular weight excluding hydrogens is 274 g/mol. The normalized spacial score (nSPS) is 16.1. The number of ketones is 1. The van der Waals surface area contributed by atoms with Crippen LogP contribution in [0.3, 0.4) is 0 Å². The second-order valence-electron chi connectivity index (χ2n) is 4.61. The van der Waals surface area contributed by atoms with Crippen LogP contribution in [0.15, 0.2) is 29.8 Å². The molecule has 0 saturated heterocycles. The Bertz CT molecular complexity index is 563. The Kier molecular flexibility index (Phi) is 3.83. The van der Waals surface area contributed by atoms with Crippen LogP contribution in [0.5, 0.6) is 0 Å². The summed E-state index contributed by atoms with van der Waals surface area (Å²) in [7, 11) is 0. The van der Waals surface area contributed by atoms with Crippen LogP contribution in [0.4, 0.5) is 23.2 Å². The van der Waals surface area contributed by atoms with E-state index in [1.807, 2.05) is 0 Å². The Hall–Kier alpha value is -1.85. The number of hydrogen-bond donors (Lipinski definition) is 0. The third-order valence-corrected chi connectivity index (χ3v) is 3.26. The van der Waals surface area contributed by atoms with Crippen LogP contribution in [-0.2, 0) is 0 Å². The van der Waals surface area contributed by atoms with E-state index in [0.717, 1.165) is 6.08 Å². The zero-order valence-corrected chi connectivity index (χ0v) is 10.8. The third kappa shape index (κ3) is 2.84. The maximum Gasteiger partial charge on any atom is 0.412 e. The Morgan fingerprint density at radius 3 is 2.50 bits per heavy atom. The highest BCUT2D eigenvalue weighted by Gasteiger charge is 2.35. The molecule has 0 bridgehead atoms. The summed E-state index contributed by atoms with van der Waals surface area (Å²) < 4.78 is 51.3. The van der Waals surface area contributed by atoms with Crippen LogP contribution >= 0.6 is 0 Å². The van der Waals surface area contributed by atoms with Gasteiger partial charge in [0.15, 0.2) is 5.78 Å². The summed E-state index contributed by atoms with van der Waals surface area (Å²) in [6, 6.07) is 4.16. The highest BCUT2D eigenvalue weighted by Crippen LogP contribution is 2.33. The van der Waals surface area contributed by atoms with Gasteiger partial charge in [0.05, 0.1) is 11.3 Å². The molecule has 2 nitrogen and oxygen atoms in total. The molecule has 6 heteroatoms. The van der Waals surface area contributed by atoms with Gasteiger partial charge in [-0.1, -0.05) is 12.1 Å². The molecule has 0 spiro atoms. The molecule has 0 aliphatic carbocycles. The number of hydrogen-bond acceptors (Lipinski definition) is 2. The summed E-state index contributed by atoms with van der Waals surface area (Å²) in [5.74, 6) is -1.09. The van der Waals surface area contributed by atoms with E-state index in [9.17, 15) is 22.4 Å². The Morgan fingerprint density at radius 1 is 1.30 bits per heavy atom. The van der Waals surface area contributed by atoms with Crippen molar-refractivity contribution in [3.8, 4) is 0 Å². The molecule has 0 radical (unpaired) electrons. The second-order valence-corrected chi connectivity index (χ2v) is 4.61. The van der Waals surface area contributed by atoms with Gasteiger partial charge in [-0.25, -0.2) is 4.39 Å². The first kappa shape index (κ1) is 14.6. The third-order valence-electron chi connectivity index (χ3n) is 3.26. The van der Waals surface area contributed by atoms with Crippen molar-refractivity contribution >= 4 is 11.5 Å². The first-order valence-corrected chi connectivity index (χ1v) is 6.11. The summed E-state index contributed by atoms with van der Waals surface area (Å²) in [6.45, 7) is 1.36. The molecule has 0 atom stereocenters. The highest BCUT2D eigenvalue weighted by molar-refractivity contribution is 6.00. The average Bonchev–Trinajstić information content (AvgIpc) is 2.37. The van der Waals surface area contributed by atoms with Crippen LogP contribution in [-0.4, -0.2) is 25.0 Å². The summed E-state index contributed by atoms with van der Waals surface area (Å²) in [5, 5.41) is 0. The quantitative estimate of drug-likeness (QED) is 0.469. The van der Waals surface area contributed by atoms with Gasteiger partial charge in [-0.15, -0.1) is 0 Å². The smallest absolute Gasteiger partial charge is 0.367 e. The van der Waals surface area contributed by atoms with Gasteiger partial charge in [-0.2, -0.15) is 13.2 Å². The lowest BCUT2D eigenvalue weighted by Gasteiger charge is -2.30. The number of carbonyl (C=O) groups is 1. The zero-order valence-electron chi connectivity index (χ0n) is 10.8. The number of rotatable bonds is 2. The van der Waals surface area contributed by atoms with Crippen molar-refractivity contribution in [3.05, 3.63) is 41.2 Å². The van der Waals surface area contributed by atoms with E-state index < -0.39 is 23.3 Å². The van der Waals surface area contributed by atoms with E-state index in [0.29, 0.717) is 5.69 Å². The van der Waals surface area contributed by atoms with Crippen molar-refractivity contribution < 1.29 is 22.4 Å². The molecule has 1 aromatic rings. The molecule has 0 saturated carbocycles. The van der Waals surface area contributed by atoms with Crippen LogP contribution in [0.1, 0.15) is 23.7 Å². The number of carbonyl (C=O) groups excluding carboxylic acids is 1. The minimum Gasteiger partial charge on any atom is -0.367 e. The molecule has 1 heterocycles. The van der Waals surface area contributed by atoms with E-state index in [1.165, 1.54) is 19.1 Å². The van der Waals surface area contributed by atoms with Crippen molar-refractivity contribution in [3.63, 3.8) is 0 Å². The van der Waals surface area contributed by atoms with E-state index in [2.05, 4.69) is 0 Å². The van der Waals surface area contributed by atoms with E-state index >= 15 is 0 Å². The topological polar surface area (TPSA) is 20.3 Å². The van der Waals surface area contributed by atoms with E-state index in [-0.39, 0.29) is 25.1 Å². The van der Waals surface area contributed by atoms with E-state index in [4.69, 9.17) is 0 Å². The van der Waals surface area contributed by atoms with Crippen molar-refractivity contribution in [2.75, 3.05) is 18.0 Å². The maximum absolute atomic E-state index is 13.7. The van der Waals surface area contributed by atoms with E-state index in [1.54, 1.807) is 11.0 Å². The molecule has 20 heavy (non-hydrogen) atoms. The molecule has 0 amide bonds. The summed E-state index contributed by atoms with van der Waals surface area (Å²) in [5.41, 5.74) is -0.305. The zero-order chi connectivity index (χ0) is 14.9. The van der Waals surface area contributed by atoms with Crippen LogP contribution in [0, 0.1) is 5.82 Å². The number of Topliss-reactive ketones (excluding diaryl/α,β-unsaturated/α-hetero) is 1. The summed E-state index contributed by atoms with van der Waals surface area (Å²) in [6.07, 6.45) is -3.41. The molecular formula is C14H13F4NO. The standard InChI is InChI=1S/C14H13F4NO/c1-9(20)13-11(15)3-2-4-12(13)19-7-5-10(6-8-19)14(16,17)18/h2-5H,6-8H2,1H3. The minimum atomic E-state index is -4.32. The summed E-state index contributed by atoms with van der Waals surface area (Å²) in [4.78, 5) is 13.1. The SMILES string of the molecule is CC(=O)c1c(F)cccc1N1CC=C(C(F)(F)F)CC1. The number of halogens is 4. The van der Waals surface area contributed by atoms with Crippen LogP contribution < -0.4 is 4.90 Å². The van der Waals surface area contributed by atoms with Gasteiger partial charge in [0.25, 0.3) is 0 Å². The van der Waals surface area contributed by atoms with Crippen LogP contribution in [0.25, 0.3) is 0 Å². The van der Waals surface area contributed by atoms with Crippen molar-refractivity contribution in [2.45, 2.75) is 19.5 Å². The van der Waals surface area contributed by atoms with Gasteiger partial charge in [0.2, 0.25) is 0 Å². The Morgan fingerprint density at radius 2 is 2.00 bits per heavy atom. The highest BCUT2D eigenvalue weighted by atomic mass is 19.4. The number of anilines is 1. The van der Waals surface area contributed by atoms with Gasteiger partial charge >= 0.3 is 6.18 Å². The van der Waals surface area contributed by atoms with Gasteiger partial charge in [0, 0.05) is 18.7 Å². The first-order chi connectivity index (χ1) is 9.30. The molecule has 0 aromatic heterocycles. The molecule has 0 unspecified atom stereocenters. The maximum atomic E-state index is 13.7. The molecule has 2 rings (SSSR count). The van der Waals surface area contributed by atoms with Crippen molar-refractivity contribution in [1.82, 2.24) is 0 Å². The first-order valence-electron chi connectivity index (χ1n) is 6.11. The Labute approximate surface area is 113 Å². The van der Waals surface area contributed by atoms with Crippen molar-refractivity contribution in [1.29, 1.82) is 0 Å². The molecule has 0 N–H and O–H groups in total. The molecule has 1 aromatic carbocycles. The van der Waals surface area contributed by atoms with Gasteiger partial charge in [-0.3, -0.25) is 4.79 Å². The van der Waals surface area contributed by atoms with Crippen LogP contribution in [0.2, 0.25) is 0 Å². The number of benzene rings is 1. The fraction of sp³-hybridized carbons (Fsp3) is 0.357. The van der Waals surface area contributed by atoms with Crippen molar-refractivity contribution in [2.24, 2.45) is 0 Å². The lowest BCUT2D eigenvalue weighted by Crippen LogP contribution is -2.33. The van der Waals surface area contributed by atoms with Gasteiger partial charge in [-0.05, 0) is 25.5 Å². The fourth-order valence-electron chi connectivity index (χ4n) is 2.27. The molecule has 0 fully saturated rings.